The molecular weight excluding hydrogens is 354 g/mol. The summed E-state index contributed by atoms with van der Waals surface area (Å²) in [5.41, 5.74) is 2.01. The average molecular weight is 371 g/mol. The molecule has 0 aliphatic carbocycles. The number of ether oxygens (including phenoxy) is 2. The fourth-order valence-electron chi connectivity index (χ4n) is 2.09. The summed E-state index contributed by atoms with van der Waals surface area (Å²) in [5.74, 6) is 1.63. The summed E-state index contributed by atoms with van der Waals surface area (Å²) in [7, 11) is 3.32. The molecule has 5 heteroatoms. The zero-order valence-electron chi connectivity index (χ0n) is 12.1. The number of halogens is 2. The van der Waals surface area contributed by atoms with Crippen LogP contribution in [-0.2, 0) is 0 Å². The van der Waals surface area contributed by atoms with Gasteiger partial charge in [0.05, 0.1) is 25.3 Å². The second-order valence-electron chi connectivity index (χ2n) is 4.60. The van der Waals surface area contributed by atoms with Gasteiger partial charge in [-0.2, -0.15) is 0 Å². The number of hydrogen-bond donors (Lipinski definition) is 1. The predicted octanol–water partition coefficient (Wildman–Crippen LogP) is 5.29. The van der Waals surface area contributed by atoms with E-state index in [1.54, 1.807) is 14.2 Å². The van der Waals surface area contributed by atoms with Crippen LogP contribution >= 0.6 is 27.5 Å². The Balaban J connectivity index is 2.26. The number of methoxy groups -OCH3 is 2. The van der Waals surface area contributed by atoms with E-state index < -0.39 is 0 Å². The van der Waals surface area contributed by atoms with Crippen molar-refractivity contribution in [2.75, 3.05) is 19.5 Å². The maximum Gasteiger partial charge on any atom is 0.124 e. The van der Waals surface area contributed by atoms with Gasteiger partial charge < -0.3 is 14.8 Å². The Morgan fingerprint density at radius 1 is 1.10 bits per heavy atom. The lowest BCUT2D eigenvalue weighted by Gasteiger charge is -2.19. The lowest BCUT2D eigenvalue weighted by molar-refractivity contribution is 0.397. The van der Waals surface area contributed by atoms with Crippen LogP contribution in [0, 0.1) is 0 Å². The lowest BCUT2D eigenvalue weighted by atomic mass is 10.1. The molecule has 0 saturated heterocycles. The fraction of sp³-hybridized carbons (Fsp3) is 0.250. The van der Waals surface area contributed by atoms with Gasteiger partial charge >= 0.3 is 0 Å². The molecule has 112 valence electrons. The van der Waals surface area contributed by atoms with Gasteiger partial charge in [0, 0.05) is 15.7 Å². The first-order valence-corrected chi connectivity index (χ1v) is 7.65. The van der Waals surface area contributed by atoms with Gasteiger partial charge in [-0.05, 0) is 59.3 Å². The number of nitrogens with one attached hydrogen (secondary N) is 1. The van der Waals surface area contributed by atoms with Crippen molar-refractivity contribution in [1.82, 2.24) is 0 Å². The second-order valence-corrected chi connectivity index (χ2v) is 5.86. The standard InChI is InChI=1S/C16H17BrClNO2/c1-10(19-11-4-6-15(18)14(17)8-11)13-9-12(20-2)5-7-16(13)21-3/h4-10,19H,1-3H3. The maximum atomic E-state index is 6.01. The zero-order chi connectivity index (χ0) is 15.4. The molecule has 0 fully saturated rings. The van der Waals surface area contributed by atoms with Gasteiger partial charge in [0.1, 0.15) is 11.5 Å². The molecule has 0 heterocycles. The van der Waals surface area contributed by atoms with E-state index in [0.29, 0.717) is 5.02 Å². The first-order valence-electron chi connectivity index (χ1n) is 6.48. The average Bonchev–Trinajstić information content (AvgIpc) is 2.50. The van der Waals surface area contributed by atoms with Crippen LogP contribution in [-0.4, -0.2) is 14.2 Å². The van der Waals surface area contributed by atoms with E-state index in [1.807, 2.05) is 36.4 Å². The molecule has 0 saturated carbocycles. The van der Waals surface area contributed by atoms with Crippen LogP contribution in [0.25, 0.3) is 0 Å². The van der Waals surface area contributed by atoms with Crippen molar-refractivity contribution < 1.29 is 9.47 Å². The molecule has 0 aromatic heterocycles. The SMILES string of the molecule is COc1ccc(OC)c(C(C)Nc2ccc(Cl)c(Br)c2)c1. The maximum absolute atomic E-state index is 6.01. The Hall–Kier alpha value is -1.39. The number of hydrogen-bond acceptors (Lipinski definition) is 3. The summed E-state index contributed by atoms with van der Waals surface area (Å²) in [6, 6.07) is 11.6. The first-order chi connectivity index (χ1) is 10.0. The van der Waals surface area contributed by atoms with Gasteiger partial charge in [-0.15, -0.1) is 0 Å². The number of anilines is 1. The molecule has 2 aromatic carbocycles. The van der Waals surface area contributed by atoms with E-state index in [4.69, 9.17) is 21.1 Å². The van der Waals surface area contributed by atoms with E-state index in [-0.39, 0.29) is 6.04 Å². The van der Waals surface area contributed by atoms with Crippen LogP contribution in [0.3, 0.4) is 0 Å². The van der Waals surface area contributed by atoms with Crippen LogP contribution in [0.4, 0.5) is 5.69 Å². The minimum Gasteiger partial charge on any atom is -0.497 e. The monoisotopic (exact) mass is 369 g/mol. The van der Waals surface area contributed by atoms with Gasteiger partial charge in [-0.25, -0.2) is 0 Å². The van der Waals surface area contributed by atoms with Gasteiger partial charge in [0.15, 0.2) is 0 Å². The molecule has 1 N–H and O–H groups in total. The number of rotatable bonds is 5. The van der Waals surface area contributed by atoms with Crippen molar-refractivity contribution in [1.29, 1.82) is 0 Å². The van der Waals surface area contributed by atoms with E-state index in [2.05, 4.69) is 28.2 Å². The summed E-state index contributed by atoms with van der Waals surface area (Å²) >= 11 is 9.44. The smallest absolute Gasteiger partial charge is 0.124 e. The number of benzene rings is 2. The first kappa shape index (κ1) is 16.0. The minimum atomic E-state index is 0.0584. The Labute approximate surface area is 138 Å². The quantitative estimate of drug-likeness (QED) is 0.775. The van der Waals surface area contributed by atoms with Crippen LogP contribution in [0.5, 0.6) is 11.5 Å². The Bertz CT molecular complexity index is 634. The molecule has 3 nitrogen and oxygen atoms in total. The Morgan fingerprint density at radius 3 is 2.48 bits per heavy atom. The molecule has 0 spiro atoms. The lowest BCUT2D eigenvalue weighted by Crippen LogP contribution is -2.08. The van der Waals surface area contributed by atoms with Crippen molar-refractivity contribution in [2.45, 2.75) is 13.0 Å². The second kappa shape index (κ2) is 7.05. The molecule has 1 unspecified atom stereocenters. The molecule has 0 amide bonds. The molecule has 0 aliphatic heterocycles. The zero-order valence-corrected chi connectivity index (χ0v) is 14.5. The van der Waals surface area contributed by atoms with E-state index in [1.165, 1.54) is 0 Å². The van der Waals surface area contributed by atoms with E-state index in [0.717, 1.165) is 27.2 Å². The normalized spacial score (nSPS) is 11.9. The van der Waals surface area contributed by atoms with Crippen molar-refractivity contribution in [3.05, 3.63) is 51.5 Å². The highest BCUT2D eigenvalue weighted by Crippen LogP contribution is 2.32. The summed E-state index contributed by atoms with van der Waals surface area (Å²) in [4.78, 5) is 0. The van der Waals surface area contributed by atoms with E-state index in [9.17, 15) is 0 Å². The highest BCUT2D eigenvalue weighted by molar-refractivity contribution is 9.10. The molecule has 0 aliphatic rings. The minimum absolute atomic E-state index is 0.0584. The molecule has 2 aromatic rings. The summed E-state index contributed by atoms with van der Waals surface area (Å²) in [6.07, 6.45) is 0. The summed E-state index contributed by atoms with van der Waals surface area (Å²) in [5, 5.41) is 4.12. The van der Waals surface area contributed by atoms with E-state index >= 15 is 0 Å². The molecule has 1 atom stereocenters. The molecule has 0 radical (unpaired) electrons. The van der Waals surface area contributed by atoms with Crippen LogP contribution in [0.1, 0.15) is 18.5 Å². The largest absolute Gasteiger partial charge is 0.497 e. The third kappa shape index (κ3) is 3.83. The van der Waals surface area contributed by atoms with Crippen molar-refractivity contribution in [3.63, 3.8) is 0 Å². The van der Waals surface area contributed by atoms with Crippen LogP contribution < -0.4 is 14.8 Å². The molecule has 21 heavy (non-hydrogen) atoms. The third-order valence-corrected chi connectivity index (χ3v) is 4.42. The topological polar surface area (TPSA) is 30.5 Å². The third-order valence-electron chi connectivity index (χ3n) is 3.21. The van der Waals surface area contributed by atoms with Crippen LogP contribution in [0.2, 0.25) is 5.02 Å². The Kier molecular flexibility index (Phi) is 5.37. The van der Waals surface area contributed by atoms with Crippen molar-refractivity contribution in [2.24, 2.45) is 0 Å². The fourth-order valence-corrected chi connectivity index (χ4v) is 2.59. The van der Waals surface area contributed by atoms with Crippen LogP contribution in [0.15, 0.2) is 40.9 Å². The van der Waals surface area contributed by atoms with Gasteiger partial charge in [-0.3, -0.25) is 0 Å². The summed E-state index contributed by atoms with van der Waals surface area (Å²) < 4.78 is 11.6. The highest BCUT2D eigenvalue weighted by Gasteiger charge is 2.13. The Morgan fingerprint density at radius 2 is 1.86 bits per heavy atom. The molecule has 0 bridgehead atoms. The van der Waals surface area contributed by atoms with Crippen molar-refractivity contribution >= 4 is 33.2 Å². The van der Waals surface area contributed by atoms with Gasteiger partial charge in [0.25, 0.3) is 0 Å². The predicted molar refractivity (Wildman–Crippen MR) is 90.7 cm³/mol. The summed E-state index contributed by atoms with van der Waals surface area (Å²) in [6.45, 7) is 2.07. The molecular formula is C16H17BrClNO2. The van der Waals surface area contributed by atoms with Gasteiger partial charge in [0.2, 0.25) is 0 Å². The highest BCUT2D eigenvalue weighted by atomic mass is 79.9. The van der Waals surface area contributed by atoms with Crippen molar-refractivity contribution in [3.8, 4) is 11.5 Å². The van der Waals surface area contributed by atoms with Gasteiger partial charge in [-0.1, -0.05) is 11.6 Å². The molecule has 2 rings (SSSR count).